The normalized spacial score (nSPS) is 14.3. The summed E-state index contributed by atoms with van der Waals surface area (Å²) in [5, 5.41) is 0. The number of carbonyl (C=O) groups excluding carboxylic acids is 1. The Hall–Kier alpha value is -4.08. The number of alkyl halides is 3. The summed E-state index contributed by atoms with van der Waals surface area (Å²) in [6, 6.07) is 7.13. The van der Waals surface area contributed by atoms with E-state index in [0.29, 0.717) is 61.2 Å². The van der Waals surface area contributed by atoms with Crippen LogP contribution in [-0.2, 0) is 20.8 Å². The maximum Gasteiger partial charge on any atom is 0.491 e. The summed E-state index contributed by atoms with van der Waals surface area (Å²) in [5.74, 6) is -1.48. The number of thiazole rings is 1. The molecule has 11 nitrogen and oxygen atoms in total. The van der Waals surface area contributed by atoms with Gasteiger partial charge in [0, 0.05) is 38.4 Å². The van der Waals surface area contributed by atoms with Crippen LogP contribution in [0.3, 0.4) is 0 Å². The molecule has 0 spiro atoms. The Kier molecular flexibility index (Phi) is 6.85. The van der Waals surface area contributed by atoms with Gasteiger partial charge in [-0.2, -0.15) is 18.2 Å². The first-order valence-electron chi connectivity index (χ1n) is 12.2. The van der Waals surface area contributed by atoms with Crippen LogP contribution in [0.25, 0.3) is 44.2 Å². The third-order valence-corrected chi connectivity index (χ3v) is 7.18. The number of benzene rings is 1. The van der Waals surface area contributed by atoms with Gasteiger partial charge in [-0.05, 0) is 18.2 Å². The van der Waals surface area contributed by atoms with Gasteiger partial charge < -0.3 is 28.7 Å². The Balaban J connectivity index is 1.48. The number of aromatic nitrogens is 6. The molecule has 0 radical (unpaired) electrons. The molecule has 0 bridgehead atoms. The summed E-state index contributed by atoms with van der Waals surface area (Å²) in [4.78, 5) is 34.8. The van der Waals surface area contributed by atoms with Crippen molar-refractivity contribution in [2.24, 2.45) is 0 Å². The van der Waals surface area contributed by atoms with E-state index in [9.17, 15) is 18.0 Å². The molecular formula is C25H22F3N7O4S. The van der Waals surface area contributed by atoms with Crippen molar-refractivity contribution in [1.82, 2.24) is 29.5 Å². The van der Waals surface area contributed by atoms with Gasteiger partial charge in [0.2, 0.25) is 5.88 Å². The monoisotopic (exact) mass is 573 g/mol. The minimum Gasteiger partial charge on any atom is -0.401 e. The Labute approximate surface area is 228 Å². The Morgan fingerprint density at radius 1 is 1.18 bits per heavy atom. The van der Waals surface area contributed by atoms with Gasteiger partial charge in [0.15, 0.2) is 11.6 Å². The molecule has 4 aromatic heterocycles. The lowest BCUT2D eigenvalue weighted by Crippen LogP contribution is -2.37. The topological polar surface area (TPSA) is 120 Å². The lowest BCUT2D eigenvalue weighted by Gasteiger charge is -2.28. The smallest absolute Gasteiger partial charge is 0.401 e. The Bertz CT molecular complexity index is 1690. The van der Waals surface area contributed by atoms with Crippen LogP contribution in [0.4, 0.5) is 19.0 Å². The molecule has 1 aromatic carbocycles. The van der Waals surface area contributed by atoms with E-state index in [1.807, 2.05) is 23.1 Å². The highest BCUT2D eigenvalue weighted by atomic mass is 32.1. The van der Waals surface area contributed by atoms with E-state index < -0.39 is 18.0 Å². The van der Waals surface area contributed by atoms with Crippen LogP contribution in [0, 0.1) is 0 Å². The van der Waals surface area contributed by atoms with Crippen molar-refractivity contribution in [2.75, 3.05) is 44.9 Å². The van der Waals surface area contributed by atoms with Gasteiger partial charge in [0.25, 0.3) is 0 Å². The number of halogens is 3. The number of hydrogen-bond acceptors (Lipinski definition) is 10. The van der Waals surface area contributed by atoms with Crippen molar-refractivity contribution in [1.29, 1.82) is 0 Å². The average Bonchev–Trinajstić information content (AvgIpc) is 3.69. The summed E-state index contributed by atoms with van der Waals surface area (Å²) >= 11 is 1.55. The molecule has 1 aliphatic heterocycles. The highest BCUT2D eigenvalue weighted by Gasteiger charge is 2.42. The van der Waals surface area contributed by atoms with Crippen molar-refractivity contribution in [3.63, 3.8) is 0 Å². The molecule has 0 saturated carbocycles. The average molecular weight is 574 g/mol. The molecule has 6 rings (SSSR count). The van der Waals surface area contributed by atoms with Crippen LogP contribution in [0.5, 0.6) is 5.88 Å². The molecular weight excluding hydrogens is 551 g/mol. The van der Waals surface area contributed by atoms with Gasteiger partial charge >= 0.3 is 12.1 Å². The maximum atomic E-state index is 13.0. The Morgan fingerprint density at radius 3 is 2.77 bits per heavy atom. The van der Waals surface area contributed by atoms with Crippen molar-refractivity contribution < 1.29 is 32.2 Å². The number of imidazole rings is 2. The van der Waals surface area contributed by atoms with Crippen molar-refractivity contribution in [3.8, 4) is 28.8 Å². The maximum absolute atomic E-state index is 13.0. The summed E-state index contributed by atoms with van der Waals surface area (Å²) in [6.45, 7) is 2.27. The lowest BCUT2D eigenvalue weighted by molar-refractivity contribution is -0.189. The zero-order chi connectivity index (χ0) is 27.9. The highest BCUT2D eigenvalue weighted by Crippen LogP contribution is 2.34. The van der Waals surface area contributed by atoms with Gasteiger partial charge in [0.05, 0.1) is 47.3 Å². The van der Waals surface area contributed by atoms with Crippen LogP contribution >= 0.6 is 11.3 Å². The SMILES string of the molecule is COCCn1c(-c2cnc(-c3ccc4scnc4c3)[nH]2)nc2c(N3CCOCC3)nc(OC(=O)C(F)(F)F)cc21. The number of esters is 1. The van der Waals surface area contributed by atoms with E-state index in [4.69, 9.17) is 14.5 Å². The minimum absolute atomic E-state index is 0.285. The van der Waals surface area contributed by atoms with Crippen molar-refractivity contribution in [3.05, 3.63) is 36.0 Å². The fourth-order valence-electron chi connectivity index (χ4n) is 4.48. The van der Waals surface area contributed by atoms with Gasteiger partial charge in [-0.1, -0.05) is 0 Å². The zero-order valence-electron chi connectivity index (χ0n) is 21.1. The van der Waals surface area contributed by atoms with E-state index in [2.05, 4.69) is 24.7 Å². The van der Waals surface area contributed by atoms with E-state index >= 15 is 0 Å². The predicted molar refractivity (Wildman–Crippen MR) is 140 cm³/mol. The van der Waals surface area contributed by atoms with Gasteiger partial charge in [0.1, 0.15) is 17.0 Å². The molecule has 0 atom stereocenters. The van der Waals surface area contributed by atoms with E-state index in [1.54, 1.807) is 34.7 Å². The number of morpholine rings is 1. The van der Waals surface area contributed by atoms with Gasteiger partial charge in [-0.15, -0.1) is 11.3 Å². The second-order valence-corrected chi connectivity index (χ2v) is 9.79. The first-order valence-corrected chi connectivity index (χ1v) is 13.1. The summed E-state index contributed by atoms with van der Waals surface area (Å²) < 4.78 is 57.2. The van der Waals surface area contributed by atoms with Crippen LogP contribution in [0.1, 0.15) is 0 Å². The first kappa shape index (κ1) is 26.2. The fraction of sp³-hybridized carbons (Fsp3) is 0.320. The molecule has 5 heterocycles. The molecule has 1 aliphatic rings. The number of carbonyl (C=O) groups is 1. The first-order chi connectivity index (χ1) is 19.3. The number of H-pyrrole nitrogens is 1. The second-order valence-electron chi connectivity index (χ2n) is 8.90. The molecule has 0 aliphatic carbocycles. The number of pyridine rings is 1. The van der Waals surface area contributed by atoms with E-state index in [1.165, 1.54) is 6.07 Å². The number of anilines is 1. The number of ether oxygens (including phenoxy) is 3. The van der Waals surface area contributed by atoms with Crippen LogP contribution in [0.2, 0.25) is 0 Å². The number of fused-ring (bicyclic) bond motifs is 2. The molecule has 1 N–H and O–H groups in total. The van der Waals surface area contributed by atoms with Crippen LogP contribution < -0.4 is 9.64 Å². The van der Waals surface area contributed by atoms with Gasteiger partial charge in [-0.25, -0.2) is 19.7 Å². The number of hydrogen-bond donors (Lipinski definition) is 1. The highest BCUT2D eigenvalue weighted by molar-refractivity contribution is 7.16. The number of methoxy groups -OCH3 is 1. The molecule has 1 fully saturated rings. The van der Waals surface area contributed by atoms with Crippen molar-refractivity contribution in [2.45, 2.75) is 12.7 Å². The number of nitrogens with one attached hydrogen (secondary N) is 1. The third kappa shape index (κ3) is 4.98. The number of rotatable bonds is 7. The minimum atomic E-state index is -5.18. The lowest BCUT2D eigenvalue weighted by atomic mass is 10.2. The predicted octanol–water partition coefficient (Wildman–Crippen LogP) is 4.05. The largest absolute Gasteiger partial charge is 0.491 e. The van der Waals surface area contributed by atoms with E-state index in [0.717, 1.165) is 15.8 Å². The standard InChI is InChI=1S/C25H22F3N7O4S/c1-37-7-6-35-17-11-19(39-24(36)25(26,27)28)32-23(34-4-8-38-9-5-34)20(17)33-22(35)16-12-29-21(31-16)14-2-3-18-15(10-14)30-13-40-18/h2-3,10-13H,4-9H2,1H3,(H,29,31). The number of aromatic amines is 1. The van der Waals surface area contributed by atoms with Crippen molar-refractivity contribution >= 4 is 44.4 Å². The summed E-state index contributed by atoms with van der Waals surface area (Å²) in [7, 11) is 1.54. The third-order valence-electron chi connectivity index (χ3n) is 6.37. The summed E-state index contributed by atoms with van der Waals surface area (Å²) in [6.07, 6.45) is -3.54. The molecule has 0 unspecified atom stereocenters. The summed E-state index contributed by atoms with van der Waals surface area (Å²) in [5.41, 5.74) is 4.90. The molecule has 5 aromatic rings. The molecule has 208 valence electrons. The molecule has 0 amide bonds. The Morgan fingerprint density at radius 2 is 2.00 bits per heavy atom. The quantitative estimate of drug-likeness (QED) is 0.288. The van der Waals surface area contributed by atoms with Gasteiger partial charge in [-0.3, -0.25) is 0 Å². The second kappa shape index (κ2) is 10.5. The van der Waals surface area contributed by atoms with Crippen LogP contribution in [0.15, 0.2) is 36.0 Å². The molecule has 1 saturated heterocycles. The fourth-order valence-corrected chi connectivity index (χ4v) is 5.14. The number of nitrogens with zero attached hydrogens (tertiary/aromatic N) is 6. The van der Waals surface area contributed by atoms with E-state index in [-0.39, 0.29) is 12.4 Å². The zero-order valence-corrected chi connectivity index (χ0v) is 21.9. The molecule has 15 heteroatoms. The molecule has 40 heavy (non-hydrogen) atoms. The van der Waals surface area contributed by atoms with Crippen LogP contribution in [-0.4, -0.2) is 81.7 Å².